The highest BCUT2D eigenvalue weighted by atomic mass is 16.5. The van der Waals surface area contributed by atoms with Gasteiger partial charge in [0.25, 0.3) is 0 Å². The fourth-order valence-electron chi connectivity index (χ4n) is 2.80. The maximum atomic E-state index is 5.78. The molecule has 1 rings (SSSR count). The summed E-state index contributed by atoms with van der Waals surface area (Å²) < 4.78 is 5.78. The highest BCUT2D eigenvalue weighted by Gasteiger charge is 2.14. The van der Waals surface area contributed by atoms with Crippen LogP contribution in [-0.4, -0.2) is 13.2 Å². The SMILES string of the molecule is CCCCCCCCC(NCC)c1ccccc1OCC. The van der Waals surface area contributed by atoms with Crippen molar-refractivity contribution in [2.75, 3.05) is 13.2 Å². The van der Waals surface area contributed by atoms with E-state index in [9.17, 15) is 0 Å². The molecule has 21 heavy (non-hydrogen) atoms. The van der Waals surface area contributed by atoms with Crippen molar-refractivity contribution >= 4 is 0 Å². The number of hydrogen-bond donors (Lipinski definition) is 1. The van der Waals surface area contributed by atoms with Crippen molar-refractivity contribution in [1.82, 2.24) is 5.32 Å². The number of hydrogen-bond acceptors (Lipinski definition) is 2. The van der Waals surface area contributed by atoms with Gasteiger partial charge in [-0.15, -0.1) is 0 Å². The van der Waals surface area contributed by atoms with Crippen LogP contribution in [0.2, 0.25) is 0 Å². The lowest BCUT2D eigenvalue weighted by atomic mass is 9.98. The van der Waals surface area contributed by atoms with E-state index in [1.165, 1.54) is 50.5 Å². The van der Waals surface area contributed by atoms with E-state index >= 15 is 0 Å². The van der Waals surface area contributed by atoms with Crippen molar-refractivity contribution in [1.29, 1.82) is 0 Å². The van der Waals surface area contributed by atoms with E-state index in [0.717, 1.165) is 18.9 Å². The summed E-state index contributed by atoms with van der Waals surface area (Å²) in [6.45, 7) is 8.23. The van der Waals surface area contributed by atoms with Crippen LogP contribution in [0.25, 0.3) is 0 Å². The molecule has 2 heteroatoms. The molecule has 0 aliphatic rings. The van der Waals surface area contributed by atoms with Gasteiger partial charge in [0.15, 0.2) is 0 Å². The van der Waals surface area contributed by atoms with Crippen LogP contribution in [-0.2, 0) is 0 Å². The molecule has 0 aliphatic carbocycles. The molecule has 0 heterocycles. The maximum absolute atomic E-state index is 5.78. The third-order valence-corrected chi connectivity index (χ3v) is 3.89. The highest BCUT2D eigenvalue weighted by molar-refractivity contribution is 5.35. The third-order valence-electron chi connectivity index (χ3n) is 3.89. The fourth-order valence-corrected chi connectivity index (χ4v) is 2.80. The van der Waals surface area contributed by atoms with Gasteiger partial charge in [-0.3, -0.25) is 0 Å². The van der Waals surface area contributed by atoms with Gasteiger partial charge in [-0.1, -0.05) is 70.6 Å². The Hall–Kier alpha value is -1.02. The zero-order valence-corrected chi connectivity index (χ0v) is 14.2. The summed E-state index contributed by atoms with van der Waals surface area (Å²) in [5.74, 6) is 1.04. The summed E-state index contributed by atoms with van der Waals surface area (Å²) in [6, 6.07) is 8.88. The van der Waals surface area contributed by atoms with Gasteiger partial charge in [0.1, 0.15) is 5.75 Å². The summed E-state index contributed by atoms with van der Waals surface area (Å²) in [5.41, 5.74) is 1.31. The Bertz CT molecular complexity index is 364. The molecule has 0 saturated heterocycles. The summed E-state index contributed by atoms with van der Waals surface area (Å²) >= 11 is 0. The lowest BCUT2D eigenvalue weighted by molar-refractivity contribution is 0.329. The topological polar surface area (TPSA) is 21.3 Å². The summed E-state index contributed by atoms with van der Waals surface area (Å²) in [5, 5.41) is 3.62. The molecule has 1 atom stereocenters. The highest BCUT2D eigenvalue weighted by Crippen LogP contribution is 2.28. The van der Waals surface area contributed by atoms with Crippen molar-refractivity contribution in [3.8, 4) is 5.75 Å². The minimum absolute atomic E-state index is 0.420. The smallest absolute Gasteiger partial charge is 0.124 e. The van der Waals surface area contributed by atoms with Crippen LogP contribution in [0.4, 0.5) is 0 Å². The third kappa shape index (κ3) is 6.99. The molecule has 2 nitrogen and oxygen atoms in total. The van der Waals surface area contributed by atoms with Gasteiger partial charge < -0.3 is 10.1 Å². The monoisotopic (exact) mass is 291 g/mol. The average Bonchev–Trinajstić information content (AvgIpc) is 2.51. The van der Waals surface area contributed by atoms with Gasteiger partial charge in [-0.25, -0.2) is 0 Å². The summed E-state index contributed by atoms with van der Waals surface area (Å²) in [6.07, 6.45) is 9.30. The molecular weight excluding hydrogens is 258 g/mol. The standard InChI is InChI=1S/C19H33NO/c1-4-7-8-9-10-11-15-18(20-5-2)17-14-12-13-16-19(17)21-6-3/h12-14,16,18,20H,4-11,15H2,1-3H3. The van der Waals surface area contributed by atoms with Crippen molar-refractivity contribution in [2.24, 2.45) is 0 Å². The summed E-state index contributed by atoms with van der Waals surface area (Å²) in [7, 11) is 0. The van der Waals surface area contributed by atoms with Crippen molar-refractivity contribution < 1.29 is 4.74 Å². The Morgan fingerprint density at radius 2 is 1.67 bits per heavy atom. The number of para-hydroxylation sites is 1. The number of nitrogens with one attached hydrogen (secondary N) is 1. The normalized spacial score (nSPS) is 12.3. The second kappa shape index (κ2) is 11.6. The Morgan fingerprint density at radius 1 is 0.952 bits per heavy atom. The van der Waals surface area contributed by atoms with E-state index in [2.05, 4.69) is 43.4 Å². The molecule has 0 bridgehead atoms. The van der Waals surface area contributed by atoms with Crippen LogP contribution in [0.15, 0.2) is 24.3 Å². The van der Waals surface area contributed by atoms with Crippen molar-refractivity contribution in [3.63, 3.8) is 0 Å². The number of benzene rings is 1. The molecule has 0 fully saturated rings. The van der Waals surface area contributed by atoms with Crippen LogP contribution in [0.5, 0.6) is 5.75 Å². The molecule has 0 aromatic heterocycles. The van der Waals surface area contributed by atoms with Gasteiger partial charge in [-0.05, 0) is 26.0 Å². The minimum Gasteiger partial charge on any atom is -0.494 e. The fraction of sp³-hybridized carbons (Fsp3) is 0.684. The molecule has 1 unspecified atom stereocenters. The second-order valence-corrected chi connectivity index (χ2v) is 5.64. The van der Waals surface area contributed by atoms with E-state index < -0.39 is 0 Å². The molecule has 0 amide bonds. The first kappa shape index (κ1) is 18.0. The van der Waals surface area contributed by atoms with E-state index in [-0.39, 0.29) is 0 Å². The molecule has 1 aromatic carbocycles. The lowest BCUT2D eigenvalue weighted by Gasteiger charge is -2.21. The average molecular weight is 291 g/mol. The minimum atomic E-state index is 0.420. The molecule has 0 saturated carbocycles. The van der Waals surface area contributed by atoms with Crippen LogP contribution in [0, 0.1) is 0 Å². The van der Waals surface area contributed by atoms with Crippen LogP contribution in [0.3, 0.4) is 0 Å². The Labute approximate surface area is 131 Å². The Morgan fingerprint density at radius 3 is 2.38 bits per heavy atom. The van der Waals surface area contributed by atoms with Crippen molar-refractivity contribution in [3.05, 3.63) is 29.8 Å². The van der Waals surface area contributed by atoms with E-state index in [4.69, 9.17) is 4.74 Å². The van der Waals surface area contributed by atoms with Crippen LogP contribution < -0.4 is 10.1 Å². The first-order valence-corrected chi connectivity index (χ1v) is 8.78. The lowest BCUT2D eigenvalue weighted by Crippen LogP contribution is -2.21. The zero-order valence-electron chi connectivity index (χ0n) is 14.2. The number of unbranched alkanes of at least 4 members (excludes halogenated alkanes) is 5. The van der Waals surface area contributed by atoms with Crippen molar-refractivity contribution in [2.45, 2.75) is 71.8 Å². The van der Waals surface area contributed by atoms with Gasteiger partial charge >= 0.3 is 0 Å². The second-order valence-electron chi connectivity index (χ2n) is 5.64. The van der Waals surface area contributed by atoms with Crippen LogP contribution in [0.1, 0.15) is 77.3 Å². The largest absolute Gasteiger partial charge is 0.494 e. The quantitative estimate of drug-likeness (QED) is 0.514. The predicted molar refractivity (Wildman–Crippen MR) is 92.0 cm³/mol. The molecular formula is C19H33NO. The maximum Gasteiger partial charge on any atom is 0.124 e. The molecule has 0 spiro atoms. The van der Waals surface area contributed by atoms with E-state index in [1.54, 1.807) is 0 Å². The molecule has 120 valence electrons. The Kier molecular flexibility index (Phi) is 9.98. The molecule has 1 N–H and O–H groups in total. The molecule has 0 aliphatic heterocycles. The predicted octanol–water partition coefficient (Wildman–Crippen LogP) is 5.49. The van der Waals surface area contributed by atoms with Gasteiger partial charge in [0.2, 0.25) is 0 Å². The van der Waals surface area contributed by atoms with E-state index in [1.807, 2.05) is 6.92 Å². The first-order chi connectivity index (χ1) is 10.3. The molecule has 0 radical (unpaired) electrons. The number of ether oxygens (including phenoxy) is 1. The summed E-state index contributed by atoms with van der Waals surface area (Å²) in [4.78, 5) is 0. The van der Waals surface area contributed by atoms with Gasteiger partial charge in [0, 0.05) is 11.6 Å². The molecule has 1 aromatic rings. The van der Waals surface area contributed by atoms with Gasteiger partial charge in [-0.2, -0.15) is 0 Å². The number of rotatable bonds is 12. The van der Waals surface area contributed by atoms with Gasteiger partial charge in [0.05, 0.1) is 6.61 Å². The van der Waals surface area contributed by atoms with E-state index in [0.29, 0.717) is 6.04 Å². The first-order valence-electron chi connectivity index (χ1n) is 8.78. The van der Waals surface area contributed by atoms with Crippen LogP contribution >= 0.6 is 0 Å². The Balaban J connectivity index is 2.52. The zero-order chi connectivity index (χ0) is 15.3.